The van der Waals surface area contributed by atoms with Crippen LogP contribution in [0.25, 0.3) is 22.7 Å². The average molecular weight is 375 g/mol. The van der Waals surface area contributed by atoms with Crippen molar-refractivity contribution >= 4 is 22.8 Å². The van der Waals surface area contributed by atoms with Gasteiger partial charge in [0.2, 0.25) is 5.89 Å². The number of methoxy groups -OCH3 is 1. The number of nitrogens with zero attached hydrogens (tertiary/aromatic N) is 2. The number of carbonyl (C=O) groups excluding carboxylic acids is 1. The standard InChI is InChI=1S/C21H17N3O4/c1-26-16-8-10-17(11-9-16)27-13-19(25)23-15-6-4-14(5-7-15)21-24-20-18(28-21)3-2-12-22-20/h2-12H,13H2,1H3,(H,23,25). The van der Waals surface area contributed by atoms with Crippen LogP contribution in [0.4, 0.5) is 5.69 Å². The first kappa shape index (κ1) is 17.5. The van der Waals surface area contributed by atoms with Crippen LogP contribution in [0, 0.1) is 0 Å². The number of aromatic nitrogens is 2. The lowest BCUT2D eigenvalue weighted by Crippen LogP contribution is -2.20. The van der Waals surface area contributed by atoms with Gasteiger partial charge in [-0.15, -0.1) is 0 Å². The maximum atomic E-state index is 12.1. The molecule has 0 unspecified atom stereocenters. The SMILES string of the molecule is COc1ccc(OCC(=O)Nc2ccc(-c3nc4ncccc4o3)cc2)cc1. The Bertz CT molecular complexity index is 1060. The number of fused-ring (bicyclic) bond motifs is 1. The Morgan fingerprint density at radius 2 is 1.79 bits per heavy atom. The quantitative estimate of drug-likeness (QED) is 0.550. The molecule has 0 radical (unpaired) electrons. The van der Waals surface area contributed by atoms with Crippen LogP contribution in [0.1, 0.15) is 0 Å². The maximum Gasteiger partial charge on any atom is 0.262 e. The van der Waals surface area contributed by atoms with Crippen molar-refractivity contribution in [3.8, 4) is 23.0 Å². The van der Waals surface area contributed by atoms with Gasteiger partial charge in [0.1, 0.15) is 11.5 Å². The number of nitrogens with one attached hydrogen (secondary N) is 1. The van der Waals surface area contributed by atoms with Crippen LogP contribution in [0.2, 0.25) is 0 Å². The maximum absolute atomic E-state index is 12.1. The molecule has 0 fully saturated rings. The van der Waals surface area contributed by atoms with Crippen LogP contribution in [0.3, 0.4) is 0 Å². The molecule has 4 rings (SSSR count). The molecule has 0 saturated heterocycles. The number of anilines is 1. The molecule has 2 aromatic heterocycles. The molecular weight excluding hydrogens is 358 g/mol. The highest BCUT2D eigenvalue weighted by atomic mass is 16.5. The van der Waals surface area contributed by atoms with Crippen LogP contribution < -0.4 is 14.8 Å². The van der Waals surface area contributed by atoms with Crippen LogP contribution in [-0.4, -0.2) is 29.6 Å². The molecule has 1 amide bonds. The van der Waals surface area contributed by atoms with E-state index in [9.17, 15) is 4.79 Å². The normalized spacial score (nSPS) is 10.6. The molecule has 7 nitrogen and oxygen atoms in total. The number of benzene rings is 2. The van der Waals surface area contributed by atoms with Gasteiger partial charge in [0.05, 0.1) is 7.11 Å². The van der Waals surface area contributed by atoms with E-state index < -0.39 is 0 Å². The largest absolute Gasteiger partial charge is 0.497 e. The smallest absolute Gasteiger partial charge is 0.262 e. The zero-order valence-electron chi connectivity index (χ0n) is 15.1. The lowest BCUT2D eigenvalue weighted by Gasteiger charge is -2.08. The molecule has 0 saturated carbocycles. The number of pyridine rings is 1. The lowest BCUT2D eigenvalue weighted by molar-refractivity contribution is -0.118. The summed E-state index contributed by atoms with van der Waals surface area (Å²) in [6.45, 7) is -0.0924. The summed E-state index contributed by atoms with van der Waals surface area (Å²) in [6.07, 6.45) is 1.67. The van der Waals surface area contributed by atoms with E-state index in [2.05, 4.69) is 15.3 Å². The molecule has 0 atom stereocenters. The molecule has 0 bridgehead atoms. The monoisotopic (exact) mass is 375 g/mol. The Labute approximate surface area is 160 Å². The molecule has 0 aliphatic heterocycles. The highest BCUT2D eigenvalue weighted by Crippen LogP contribution is 2.24. The Hall–Kier alpha value is -3.87. The van der Waals surface area contributed by atoms with E-state index in [0.717, 1.165) is 11.3 Å². The summed E-state index contributed by atoms with van der Waals surface area (Å²) in [7, 11) is 1.59. The van der Waals surface area contributed by atoms with Gasteiger partial charge in [-0.3, -0.25) is 4.79 Å². The minimum Gasteiger partial charge on any atom is -0.497 e. The van der Waals surface area contributed by atoms with Gasteiger partial charge in [0.15, 0.2) is 17.8 Å². The fraction of sp³-hybridized carbons (Fsp3) is 0.0952. The molecule has 2 aromatic carbocycles. The predicted octanol–water partition coefficient (Wildman–Crippen LogP) is 3.92. The predicted molar refractivity (Wildman–Crippen MR) is 104 cm³/mol. The van der Waals surface area contributed by atoms with E-state index in [1.165, 1.54) is 0 Å². The van der Waals surface area contributed by atoms with Gasteiger partial charge < -0.3 is 19.2 Å². The van der Waals surface area contributed by atoms with Crippen LogP contribution >= 0.6 is 0 Å². The second kappa shape index (κ2) is 7.79. The van der Waals surface area contributed by atoms with E-state index >= 15 is 0 Å². The number of hydrogen-bond acceptors (Lipinski definition) is 6. The van der Waals surface area contributed by atoms with Gasteiger partial charge in [0, 0.05) is 17.4 Å². The Morgan fingerprint density at radius 3 is 2.50 bits per heavy atom. The van der Waals surface area contributed by atoms with Crippen molar-refractivity contribution in [2.45, 2.75) is 0 Å². The van der Waals surface area contributed by atoms with Crippen LogP contribution in [0.15, 0.2) is 71.3 Å². The molecular formula is C21H17N3O4. The van der Waals surface area contributed by atoms with Crippen molar-refractivity contribution in [1.82, 2.24) is 9.97 Å². The van der Waals surface area contributed by atoms with E-state index in [0.29, 0.717) is 28.6 Å². The first-order valence-corrected chi connectivity index (χ1v) is 8.60. The van der Waals surface area contributed by atoms with Crippen molar-refractivity contribution in [2.75, 3.05) is 19.0 Å². The molecule has 140 valence electrons. The van der Waals surface area contributed by atoms with E-state index in [-0.39, 0.29) is 12.5 Å². The summed E-state index contributed by atoms with van der Waals surface area (Å²) in [6, 6.07) is 17.9. The number of amides is 1. The minimum absolute atomic E-state index is 0.0924. The molecule has 28 heavy (non-hydrogen) atoms. The lowest BCUT2D eigenvalue weighted by atomic mass is 10.2. The van der Waals surface area contributed by atoms with Gasteiger partial charge in [-0.25, -0.2) is 4.98 Å². The van der Waals surface area contributed by atoms with Crippen molar-refractivity contribution < 1.29 is 18.7 Å². The summed E-state index contributed by atoms with van der Waals surface area (Å²) in [5, 5.41) is 2.79. The Morgan fingerprint density at radius 1 is 1.04 bits per heavy atom. The fourth-order valence-electron chi connectivity index (χ4n) is 2.61. The second-order valence-electron chi connectivity index (χ2n) is 5.93. The first-order chi connectivity index (χ1) is 13.7. The summed E-state index contributed by atoms with van der Waals surface area (Å²) < 4.78 is 16.2. The molecule has 7 heteroatoms. The summed E-state index contributed by atoms with van der Waals surface area (Å²) >= 11 is 0. The summed E-state index contributed by atoms with van der Waals surface area (Å²) in [5.74, 6) is 1.55. The first-order valence-electron chi connectivity index (χ1n) is 8.60. The second-order valence-corrected chi connectivity index (χ2v) is 5.93. The zero-order chi connectivity index (χ0) is 19.3. The third kappa shape index (κ3) is 3.93. The summed E-state index contributed by atoms with van der Waals surface area (Å²) in [5.41, 5.74) is 2.64. The number of rotatable bonds is 6. The third-order valence-electron chi connectivity index (χ3n) is 4.01. The van der Waals surface area contributed by atoms with Gasteiger partial charge in [-0.1, -0.05) is 0 Å². The van der Waals surface area contributed by atoms with Crippen LogP contribution in [0.5, 0.6) is 11.5 Å². The number of ether oxygens (including phenoxy) is 2. The zero-order valence-corrected chi connectivity index (χ0v) is 15.1. The van der Waals surface area contributed by atoms with Crippen molar-refractivity contribution in [3.05, 3.63) is 66.9 Å². The van der Waals surface area contributed by atoms with E-state index in [1.54, 1.807) is 55.8 Å². The summed E-state index contributed by atoms with van der Waals surface area (Å²) in [4.78, 5) is 20.6. The molecule has 0 aliphatic rings. The van der Waals surface area contributed by atoms with Crippen molar-refractivity contribution in [2.24, 2.45) is 0 Å². The molecule has 1 N–H and O–H groups in total. The van der Waals surface area contributed by atoms with Gasteiger partial charge in [-0.2, -0.15) is 4.98 Å². The van der Waals surface area contributed by atoms with Gasteiger partial charge in [0.25, 0.3) is 5.91 Å². The highest BCUT2D eigenvalue weighted by Gasteiger charge is 2.09. The molecule has 0 spiro atoms. The number of carbonyl (C=O) groups is 1. The number of oxazole rings is 1. The van der Waals surface area contributed by atoms with Gasteiger partial charge in [-0.05, 0) is 60.7 Å². The number of hydrogen-bond donors (Lipinski definition) is 1. The van der Waals surface area contributed by atoms with Crippen LogP contribution in [-0.2, 0) is 4.79 Å². The molecule has 4 aromatic rings. The molecule has 0 aliphatic carbocycles. The topological polar surface area (TPSA) is 86.5 Å². The van der Waals surface area contributed by atoms with E-state index in [1.807, 2.05) is 18.2 Å². The average Bonchev–Trinajstić information content (AvgIpc) is 3.17. The third-order valence-corrected chi connectivity index (χ3v) is 4.01. The Balaban J connectivity index is 1.36. The van der Waals surface area contributed by atoms with Crippen molar-refractivity contribution in [3.63, 3.8) is 0 Å². The molecule has 2 heterocycles. The van der Waals surface area contributed by atoms with Crippen molar-refractivity contribution in [1.29, 1.82) is 0 Å². The van der Waals surface area contributed by atoms with E-state index in [4.69, 9.17) is 13.9 Å². The van der Waals surface area contributed by atoms with Gasteiger partial charge >= 0.3 is 0 Å². The fourth-order valence-corrected chi connectivity index (χ4v) is 2.61. The Kier molecular flexibility index (Phi) is 4.88. The highest BCUT2D eigenvalue weighted by molar-refractivity contribution is 5.92. The minimum atomic E-state index is -0.255.